The van der Waals surface area contributed by atoms with E-state index in [-0.39, 0.29) is 11.4 Å². The first-order valence-corrected chi connectivity index (χ1v) is 9.15. The lowest BCUT2D eigenvalue weighted by Gasteiger charge is -2.16. The Labute approximate surface area is 172 Å². The first kappa shape index (κ1) is 21.1. The Morgan fingerprint density at radius 1 is 1.23 bits per heavy atom. The number of alkyl halides is 3. The molecular formula is C20H12F3N3O3S. The van der Waals surface area contributed by atoms with Crippen molar-refractivity contribution in [2.45, 2.75) is 23.0 Å². The SMILES string of the molecule is Cc1c(Sc2ccc(C#N)cn2)cc(C(=O)O)c(=O)n1-c1cccc(C(F)(F)F)c1. The zero-order valence-corrected chi connectivity index (χ0v) is 16.1. The standard InChI is InChI=1S/C20H12F3N3O3S/c1-11-16(30-17-6-5-12(9-24)10-25-17)8-15(19(28)29)18(27)26(11)14-4-2-3-13(7-14)20(21,22)23/h2-8,10H,1H3,(H,28,29). The van der Waals surface area contributed by atoms with Gasteiger partial charge in [-0.2, -0.15) is 18.4 Å². The molecule has 1 aromatic carbocycles. The van der Waals surface area contributed by atoms with Crippen molar-refractivity contribution in [2.75, 3.05) is 0 Å². The van der Waals surface area contributed by atoms with Gasteiger partial charge in [-0.3, -0.25) is 9.36 Å². The second kappa shape index (κ2) is 8.04. The Morgan fingerprint density at radius 2 is 1.97 bits per heavy atom. The van der Waals surface area contributed by atoms with Crippen molar-refractivity contribution < 1.29 is 23.1 Å². The van der Waals surface area contributed by atoms with Gasteiger partial charge in [-0.1, -0.05) is 17.8 Å². The third-order valence-electron chi connectivity index (χ3n) is 4.14. The fourth-order valence-electron chi connectivity index (χ4n) is 2.69. The minimum Gasteiger partial charge on any atom is -0.477 e. The maximum atomic E-state index is 13.1. The quantitative estimate of drug-likeness (QED) is 0.662. The molecule has 0 aliphatic heterocycles. The number of benzene rings is 1. The lowest BCUT2D eigenvalue weighted by atomic mass is 10.1. The maximum Gasteiger partial charge on any atom is 0.416 e. The smallest absolute Gasteiger partial charge is 0.416 e. The summed E-state index contributed by atoms with van der Waals surface area (Å²) in [6.07, 6.45) is -3.29. The number of pyridine rings is 2. The Hall–Kier alpha value is -3.58. The molecule has 0 unspecified atom stereocenters. The molecule has 2 heterocycles. The Morgan fingerprint density at radius 3 is 2.53 bits per heavy atom. The summed E-state index contributed by atoms with van der Waals surface area (Å²) in [6, 6.07) is 10.2. The Balaban J connectivity index is 2.19. The van der Waals surface area contributed by atoms with Crippen molar-refractivity contribution in [3.8, 4) is 11.8 Å². The van der Waals surface area contributed by atoms with Crippen molar-refractivity contribution in [1.82, 2.24) is 9.55 Å². The Kier molecular flexibility index (Phi) is 5.67. The molecule has 2 aromatic heterocycles. The number of halogens is 3. The molecule has 0 bridgehead atoms. The van der Waals surface area contributed by atoms with Gasteiger partial charge in [0.15, 0.2) is 0 Å². The number of carbonyl (C=O) groups is 1. The van der Waals surface area contributed by atoms with Gasteiger partial charge in [-0.15, -0.1) is 0 Å². The average Bonchev–Trinajstić information content (AvgIpc) is 2.70. The summed E-state index contributed by atoms with van der Waals surface area (Å²) in [5.74, 6) is -1.50. The van der Waals surface area contributed by atoms with E-state index < -0.39 is 28.8 Å². The highest BCUT2D eigenvalue weighted by molar-refractivity contribution is 7.99. The van der Waals surface area contributed by atoms with E-state index >= 15 is 0 Å². The number of hydrogen-bond donors (Lipinski definition) is 1. The lowest BCUT2D eigenvalue weighted by Crippen LogP contribution is -2.27. The number of aromatic carboxylic acids is 1. The molecule has 152 valence electrons. The topological polar surface area (TPSA) is 96.0 Å². The van der Waals surface area contributed by atoms with Crippen molar-refractivity contribution >= 4 is 17.7 Å². The van der Waals surface area contributed by atoms with Gasteiger partial charge in [0, 0.05) is 22.5 Å². The van der Waals surface area contributed by atoms with Crippen LogP contribution in [0.4, 0.5) is 13.2 Å². The summed E-state index contributed by atoms with van der Waals surface area (Å²) < 4.78 is 40.2. The van der Waals surface area contributed by atoms with Crippen LogP contribution in [0.15, 0.2) is 63.4 Å². The molecule has 0 saturated carbocycles. The molecular weight excluding hydrogens is 419 g/mol. The fraction of sp³-hybridized carbons (Fsp3) is 0.100. The van der Waals surface area contributed by atoms with Crippen LogP contribution in [0.5, 0.6) is 0 Å². The van der Waals surface area contributed by atoms with E-state index in [2.05, 4.69) is 4.98 Å². The van der Waals surface area contributed by atoms with Gasteiger partial charge >= 0.3 is 12.1 Å². The van der Waals surface area contributed by atoms with E-state index in [0.29, 0.717) is 15.5 Å². The normalized spacial score (nSPS) is 11.2. The summed E-state index contributed by atoms with van der Waals surface area (Å²) >= 11 is 1.03. The third-order valence-corrected chi connectivity index (χ3v) is 5.23. The van der Waals surface area contributed by atoms with E-state index in [4.69, 9.17) is 5.26 Å². The van der Waals surface area contributed by atoms with E-state index in [1.165, 1.54) is 25.3 Å². The molecule has 3 rings (SSSR count). The monoisotopic (exact) mass is 431 g/mol. The summed E-state index contributed by atoms with van der Waals surface area (Å²) in [4.78, 5) is 28.7. The minimum atomic E-state index is -4.62. The highest BCUT2D eigenvalue weighted by atomic mass is 32.2. The zero-order valence-electron chi connectivity index (χ0n) is 15.3. The zero-order chi connectivity index (χ0) is 22.1. The summed E-state index contributed by atoms with van der Waals surface area (Å²) in [6.45, 7) is 1.50. The lowest BCUT2D eigenvalue weighted by molar-refractivity contribution is -0.137. The van der Waals surface area contributed by atoms with Gasteiger partial charge in [0.25, 0.3) is 5.56 Å². The maximum absolute atomic E-state index is 13.1. The molecule has 10 heteroatoms. The largest absolute Gasteiger partial charge is 0.477 e. The molecule has 30 heavy (non-hydrogen) atoms. The molecule has 0 fully saturated rings. The van der Waals surface area contributed by atoms with Crippen molar-refractivity contribution in [1.29, 1.82) is 5.26 Å². The predicted molar refractivity (Wildman–Crippen MR) is 102 cm³/mol. The molecule has 0 aliphatic carbocycles. The number of rotatable bonds is 4. The fourth-order valence-corrected chi connectivity index (χ4v) is 3.57. The van der Waals surface area contributed by atoms with Gasteiger partial charge in [0.05, 0.1) is 11.1 Å². The highest BCUT2D eigenvalue weighted by Crippen LogP contribution is 2.32. The molecule has 3 aromatic rings. The van der Waals surface area contributed by atoms with E-state index in [1.54, 1.807) is 6.07 Å². The van der Waals surface area contributed by atoms with Crippen LogP contribution >= 0.6 is 11.8 Å². The number of hydrogen-bond acceptors (Lipinski definition) is 5. The van der Waals surface area contributed by atoms with Crippen LogP contribution in [-0.4, -0.2) is 20.6 Å². The summed E-state index contributed by atoms with van der Waals surface area (Å²) in [5.41, 5.74) is -2.03. The second-order valence-electron chi connectivity index (χ2n) is 6.10. The number of carboxylic acid groups (broad SMARTS) is 1. The highest BCUT2D eigenvalue weighted by Gasteiger charge is 2.31. The van der Waals surface area contributed by atoms with Gasteiger partial charge in [-0.05, 0) is 43.3 Å². The summed E-state index contributed by atoms with van der Waals surface area (Å²) in [5, 5.41) is 18.7. The first-order valence-electron chi connectivity index (χ1n) is 8.33. The first-order chi connectivity index (χ1) is 14.1. The molecule has 0 atom stereocenters. The van der Waals surface area contributed by atoms with Crippen LogP contribution in [0.2, 0.25) is 0 Å². The van der Waals surface area contributed by atoms with Gasteiger partial charge in [0.2, 0.25) is 0 Å². The van der Waals surface area contributed by atoms with Crippen LogP contribution < -0.4 is 5.56 Å². The van der Waals surface area contributed by atoms with E-state index in [1.807, 2.05) is 6.07 Å². The van der Waals surface area contributed by atoms with Gasteiger partial charge in [0.1, 0.15) is 16.7 Å². The van der Waals surface area contributed by atoms with Crippen molar-refractivity contribution in [3.05, 3.63) is 81.4 Å². The summed E-state index contributed by atoms with van der Waals surface area (Å²) in [7, 11) is 0. The Bertz CT molecular complexity index is 1230. The second-order valence-corrected chi connectivity index (χ2v) is 7.16. The average molecular weight is 431 g/mol. The molecule has 0 radical (unpaired) electrons. The molecule has 0 saturated heterocycles. The molecule has 6 nitrogen and oxygen atoms in total. The third kappa shape index (κ3) is 4.21. The van der Waals surface area contributed by atoms with E-state index in [0.717, 1.165) is 40.6 Å². The number of nitriles is 1. The minimum absolute atomic E-state index is 0.106. The van der Waals surface area contributed by atoms with Crippen LogP contribution in [-0.2, 0) is 6.18 Å². The van der Waals surface area contributed by atoms with Crippen molar-refractivity contribution in [3.63, 3.8) is 0 Å². The van der Waals surface area contributed by atoms with E-state index in [9.17, 15) is 27.9 Å². The number of nitrogens with zero attached hydrogens (tertiary/aromatic N) is 3. The van der Waals surface area contributed by atoms with Crippen LogP contribution in [0.25, 0.3) is 5.69 Å². The molecule has 0 spiro atoms. The molecule has 0 amide bonds. The van der Waals surface area contributed by atoms with Gasteiger partial charge in [-0.25, -0.2) is 9.78 Å². The molecule has 1 N–H and O–H groups in total. The van der Waals surface area contributed by atoms with Gasteiger partial charge < -0.3 is 5.11 Å². The van der Waals surface area contributed by atoms with Crippen LogP contribution in [0.3, 0.4) is 0 Å². The predicted octanol–water partition coefficient (Wildman–Crippen LogP) is 4.28. The van der Waals surface area contributed by atoms with Crippen LogP contribution in [0.1, 0.15) is 27.2 Å². The van der Waals surface area contributed by atoms with Crippen LogP contribution in [0, 0.1) is 18.3 Å². The number of carboxylic acids is 1. The number of aromatic nitrogens is 2. The molecule has 0 aliphatic rings. The van der Waals surface area contributed by atoms with Crippen molar-refractivity contribution in [2.24, 2.45) is 0 Å².